The molecule has 1 atom stereocenters. The molecule has 0 heterocycles. The van der Waals surface area contributed by atoms with E-state index in [0.717, 1.165) is 25.1 Å². The van der Waals surface area contributed by atoms with Crippen LogP contribution in [0.1, 0.15) is 26.3 Å². The number of methoxy groups -OCH3 is 1. The van der Waals surface area contributed by atoms with Crippen LogP contribution in [0.2, 0.25) is 5.02 Å². The van der Waals surface area contributed by atoms with E-state index in [1.807, 2.05) is 6.07 Å². The quantitative estimate of drug-likeness (QED) is 0.771. The molecule has 0 radical (unpaired) electrons. The normalized spacial score (nSPS) is 13.5. The van der Waals surface area contributed by atoms with Crippen LogP contribution in [0.4, 0.5) is 4.39 Å². The van der Waals surface area contributed by atoms with E-state index in [4.69, 9.17) is 16.3 Å². The summed E-state index contributed by atoms with van der Waals surface area (Å²) in [5, 5.41) is 3.63. The molecule has 2 nitrogen and oxygen atoms in total. The maximum absolute atomic E-state index is 13.5. The molecule has 0 bridgehead atoms. The molecule has 0 saturated heterocycles. The smallest absolute Gasteiger partial charge is 0.142 e. The fourth-order valence-corrected chi connectivity index (χ4v) is 2.31. The molecule has 1 unspecified atom stereocenters. The summed E-state index contributed by atoms with van der Waals surface area (Å²) in [6, 6.07) is 5.02. The highest BCUT2D eigenvalue weighted by Gasteiger charge is 2.25. The van der Waals surface area contributed by atoms with Gasteiger partial charge in [-0.05, 0) is 35.9 Å². The van der Waals surface area contributed by atoms with Gasteiger partial charge in [0.05, 0.1) is 11.6 Å². The Bertz CT molecular complexity index is 417. The highest BCUT2D eigenvalue weighted by molar-refractivity contribution is 6.31. The fourth-order valence-electron chi connectivity index (χ4n) is 2.11. The molecule has 1 rings (SSSR count). The van der Waals surface area contributed by atoms with Crippen molar-refractivity contribution in [2.45, 2.75) is 27.2 Å². The Labute approximate surface area is 126 Å². The summed E-state index contributed by atoms with van der Waals surface area (Å²) in [4.78, 5) is 0. The summed E-state index contributed by atoms with van der Waals surface area (Å²) in [6.07, 6.45) is 0.764. The van der Waals surface area contributed by atoms with Crippen molar-refractivity contribution < 1.29 is 9.13 Å². The minimum Gasteiger partial charge on any atom is -0.383 e. The largest absolute Gasteiger partial charge is 0.383 e. The van der Waals surface area contributed by atoms with Crippen LogP contribution < -0.4 is 5.32 Å². The maximum Gasteiger partial charge on any atom is 0.142 e. The number of nitrogens with one attached hydrogen (secondary N) is 1. The first-order chi connectivity index (χ1) is 9.36. The van der Waals surface area contributed by atoms with E-state index >= 15 is 0 Å². The summed E-state index contributed by atoms with van der Waals surface area (Å²) in [7, 11) is 1.69. The van der Waals surface area contributed by atoms with E-state index in [1.54, 1.807) is 13.2 Å². The van der Waals surface area contributed by atoms with Gasteiger partial charge in [0, 0.05) is 13.7 Å². The zero-order valence-corrected chi connectivity index (χ0v) is 13.6. The molecule has 4 heteroatoms. The van der Waals surface area contributed by atoms with Crippen LogP contribution in [-0.4, -0.2) is 26.8 Å². The fraction of sp³-hybridized carbons (Fsp3) is 0.625. The van der Waals surface area contributed by atoms with Gasteiger partial charge in [-0.1, -0.05) is 44.5 Å². The second-order valence-electron chi connectivity index (χ2n) is 6.18. The number of ether oxygens (including phenoxy) is 1. The molecule has 1 N–H and O–H groups in total. The van der Waals surface area contributed by atoms with Crippen molar-refractivity contribution in [2.24, 2.45) is 11.3 Å². The van der Waals surface area contributed by atoms with E-state index in [0.29, 0.717) is 12.5 Å². The monoisotopic (exact) mass is 301 g/mol. The molecule has 0 aromatic heterocycles. The lowest BCUT2D eigenvalue weighted by atomic mass is 9.77. The van der Waals surface area contributed by atoms with Crippen molar-refractivity contribution in [3.63, 3.8) is 0 Å². The predicted molar refractivity (Wildman–Crippen MR) is 82.8 cm³/mol. The van der Waals surface area contributed by atoms with Crippen LogP contribution >= 0.6 is 11.6 Å². The summed E-state index contributed by atoms with van der Waals surface area (Å²) < 4.78 is 18.5. The van der Waals surface area contributed by atoms with Crippen LogP contribution in [0.25, 0.3) is 0 Å². The lowest BCUT2D eigenvalue weighted by Gasteiger charge is -2.31. The van der Waals surface area contributed by atoms with Gasteiger partial charge in [-0.25, -0.2) is 4.39 Å². The van der Waals surface area contributed by atoms with Gasteiger partial charge < -0.3 is 10.1 Å². The highest BCUT2D eigenvalue weighted by atomic mass is 35.5. The van der Waals surface area contributed by atoms with E-state index in [1.165, 1.54) is 6.07 Å². The Morgan fingerprint density at radius 3 is 2.65 bits per heavy atom. The number of halogens is 2. The molecular formula is C16H25ClFNO. The second-order valence-corrected chi connectivity index (χ2v) is 6.55. The average molecular weight is 302 g/mol. The average Bonchev–Trinajstić information content (AvgIpc) is 2.36. The van der Waals surface area contributed by atoms with Crippen molar-refractivity contribution >= 4 is 11.6 Å². The minimum atomic E-state index is -0.343. The molecule has 0 spiro atoms. The van der Waals surface area contributed by atoms with E-state index in [-0.39, 0.29) is 16.3 Å². The summed E-state index contributed by atoms with van der Waals surface area (Å²) in [5.74, 6) is 0.0304. The number of benzene rings is 1. The highest BCUT2D eigenvalue weighted by Crippen LogP contribution is 2.31. The van der Waals surface area contributed by atoms with E-state index in [2.05, 4.69) is 26.1 Å². The van der Waals surface area contributed by atoms with E-state index in [9.17, 15) is 4.39 Å². The molecule has 0 aliphatic rings. The first kappa shape index (κ1) is 17.4. The molecule has 0 amide bonds. The lowest BCUT2D eigenvalue weighted by molar-refractivity contribution is 0.186. The predicted octanol–water partition coefficient (Wildman–Crippen LogP) is 3.92. The minimum absolute atomic E-state index is 0.121. The van der Waals surface area contributed by atoms with Crippen molar-refractivity contribution in [3.8, 4) is 0 Å². The van der Waals surface area contributed by atoms with Gasteiger partial charge in [-0.3, -0.25) is 0 Å². The third-order valence-electron chi connectivity index (χ3n) is 3.60. The van der Waals surface area contributed by atoms with Gasteiger partial charge in [0.1, 0.15) is 5.82 Å². The number of rotatable bonds is 7. The first-order valence-electron chi connectivity index (χ1n) is 6.98. The van der Waals surface area contributed by atoms with Crippen LogP contribution in [0.15, 0.2) is 18.2 Å². The maximum atomic E-state index is 13.5. The lowest BCUT2D eigenvalue weighted by Crippen LogP contribution is -2.34. The second kappa shape index (κ2) is 7.96. The molecule has 0 aliphatic heterocycles. The van der Waals surface area contributed by atoms with Gasteiger partial charge in [0.25, 0.3) is 0 Å². The zero-order valence-electron chi connectivity index (χ0n) is 12.8. The van der Waals surface area contributed by atoms with Gasteiger partial charge in [0.2, 0.25) is 0 Å². The topological polar surface area (TPSA) is 21.3 Å². The molecule has 1 aromatic carbocycles. The Balaban J connectivity index is 2.72. The molecule has 1 aromatic rings. The molecule has 0 fully saturated rings. The number of hydrogen-bond donors (Lipinski definition) is 1. The molecule has 0 saturated carbocycles. The third kappa shape index (κ3) is 5.39. The third-order valence-corrected chi connectivity index (χ3v) is 4.02. The molecule has 0 aliphatic carbocycles. The van der Waals surface area contributed by atoms with Crippen LogP contribution in [0.5, 0.6) is 0 Å². The van der Waals surface area contributed by atoms with Crippen LogP contribution in [0, 0.1) is 17.2 Å². The van der Waals surface area contributed by atoms with Gasteiger partial charge in [-0.15, -0.1) is 0 Å². The van der Waals surface area contributed by atoms with Crippen LogP contribution in [0.3, 0.4) is 0 Å². The van der Waals surface area contributed by atoms with Crippen molar-refractivity contribution in [1.29, 1.82) is 0 Å². The van der Waals surface area contributed by atoms with Crippen molar-refractivity contribution in [2.75, 3.05) is 26.8 Å². The Morgan fingerprint density at radius 1 is 1.35 bits per heavy atom. The standard InChI is InChI=1S/C16H25ClFNO/c1-16(2,3)13(11-19-8-9-20-4)10-12-6-5-7-14(18)15(12)17/h5-7,13,19H,8-11H2,1-4H3. The Hall–Kier alpha value is -0.640. The Kier molecular flexibility index (Phi) is 6.93. The van der Waals surface area contributed by atoms with Gasteiger partial charge >= 0.3 is 0 Å². The summed E-state index contributed by atoms with van der Waals surface area (Å²) >= 11 is 6.06. The van der Waals surface area contributed by atoms with Crippen LogP contribution in [-0.2, 0) is 11.2 Å². The van der Waals surface area contributed by atoms with Gasteiger partial charge in [-0.2, -0.15) is 0 Å². The van der Waals surface area contributed by atoms with Crippen molar-refractivity contribution in [1.82, 2.24) is 5.32 Å². The van der Waals surface area contributed by atoms with E-state index < -0.39 is 0 Å². The molecule has 20 heavy (non-hydrogen) atoms. The first-order valence-corrected chi connectivity index (χ1v) is 7.36. The Morgan fingerprint density at radius 2 is 2.05 bits per heavy atom. The molecular weight excluding hydrogens is 277 g/mol. The number of hydrogen-bond acceptors (Lipinski definition) is 2. The SMILES string of the molecule is COCCNCC(Cc1cccc(F)c1Cl)C(C)(C)C. The van der Waals surface area contributed by atoms with Gasteiger partial charge in [0.15, 0.2) is 0 Å². The summed E-state index contributed by atoms with van der Waals surface area (Å²) in [5.41, 5.74) is 0.996. The summed E-state index contributed by atoms with van der Waals surface area (Å²) in [6.45, 7) is 8.96. The molecule has 114 valence electrons. The van der Waals surface area contributed by atoms with Crippen molar-refractivity contribution in [3.05, 3.63) is 34.6 Å². The zero-order chi connectivity index (χ0) is 15.2.